The minimum atomic E-state index is 0.0595. The second-order valence-electron chi connectivity index (χ2n) is 5.11. The number of nitrogens with zero attached hydrogens (tertiary/aromatic N) is 1. The molecule has 1 aromatic rings. The summed E-state index contributed by atoms with van der Waals surface area (Å²) in [6.45, 7) is 3.21. The molecule has 1 aliphatic heterocycles. The van der Waals surface area contributed by atoms with E-state index in [0.717, 1.165) is 31.8 Å². The summed E-state index contributed by atoms with van der Waals surface area (Å²) >= 11 is 0. The fourth-order valence-corrected chi connectivity index (χ4v) is 2.59. The van der Waals surface area contributed by atoms with Gasteiger partial charge in [0.25, 0.3) is 0 Å². The number of methoxy groups -OCH3 is 1. The van der Waals surface area contributed by atoms with Gasteiger partial charge in [-0.3, -0.25) is 9.69 Å². The van der Waals surface area contributed by atoms with Gasteiger partial charge in [-0.15, -0.1) is 0 Å². The average molecular weight is 262 g/mol. The first kappa shape index (κ1) is 14.0. The smallest absolute Gasteiger partial charge is 0.238 e. The van der Waals surface area contributed by atoms with Gasteiger partial charge in [-0.2, -0.15) is 0 Å². The molecule has 2 rings (SSSR count). The van der Waals surface area contributed by atoms with Crippen LogP contribution in [0, 0.1) is 5.92 Å². The van der Waals surface area contributed by atoms with Crippen molar-refractivity contribution in [3.63, 3.8) is 0 Å². The fourth-order valence-electron chi connectivity index (χ4n) is 2.59. The summed E-state index contributed by atoms with van der Waals surface area (Å²) in [6, 6.07) is 9.59. The molecule has 4 nitrogen and oxygen atoms in total. The standard InChI is InChI=1S/C15H22N2O2/c1-19-12-13-6-5-9-17(10-13)11-15(18)16-14-7-3-2-4-8-14/h2-4,7-8,13H,5-6,9-12H2,1H3,(H,16,18)/t13-/m1/s1. The lowest BCUT2D eigenvalue weighted by Crippen LogP contribution is -2.41. The highest BCUT2D eigenvalue weighted by Crippen LogP contribution is 2.16. The van der Waals surface area contributed by atoms with Crippen molar-refractivity contribution in [2.24, 2.45) is 5.92 Å². The summed E-state index contributed by atoms with van der Waals surface area (Å²) in [4.78, 5) is 14.2. The second kappa shape index (κ2) is 7.26. The number of ether oxygens (including phenoxy) is 1. The van der Waals surface area contributed by atoms with E-state index in [1.165, 1.54) is 6.42 Å². The number of benzene rings is 1. The molecule has 1 fully saturated rings. The predicted octanol–water partition coefficient (Wildman–Crippen LogP) is 1.98. The fraction of sp³-hybridized carbons (Fsp3) is 0.533. The van der Waals surface area contributed by atoms with Crippen molar-refractivity contribution >= 4 is 11.6 Å². The number of nitrogens with one attached hydrogen (secondary N) is 1. The molecule has 1 heterocycles. The van der Waals surface area contributed by atoms with Crippen molar-refractivity contribution in [2.45, 2.75) is 12.8 Å². The Balaban J connectivity index is 1.78. The first-order valence-corrected chi connectivity index (χ1v) is 6.84. The molecule has 1 aromatic carbocycles. The lowest BCUT2D eigenvalue weighted by molar-refractivity contribution is -0.117. The minimum Gasteiger partial charge on any atom is -0.384 e. The Bertz CT molecular complexity index is 392. The van der Waals surface area contributed by atoms with Gasteiger partial charge in [0.05, 0.1) is 13.2 Å². The zero-order valence-corrected chi connectivity index (χ0v) is 11.5. The van der Waals surface area contributed by atoms with Crippen molar-refractivity contribution in [2.75, 3.05) is 38.7 Å². The quantitative estimate of drug-likeness (QED) is 0.882. The van der Waals surface area contributed by atoms with Crippen LogP contribution < -0.4 is 5.32 Å². The maximum absolute atomic E-state index is 12.0. The van der Waals surface area contributed by atoms with Crippen LogP contribution in [0.4, 0.5) is 5.69 Å². The molecule has 0 bridgehead atoms. The largest absolute Gasteiger partial charge is 0.384 e. The highest BCUT2D eigenvalue weighted by atomic mass is 16.5. The maximum atomic E-state index is 12.0. The third-order valence-corrected chi connectivity index (χ3v) is 3.43. The van der Waals surface area contributed by atoms with E-state index in [9.17, 15) is 4.79 Å². The van der Waals surface area contributed by atoms with Gasteiger partial charge in [0, 0.05) is 19.3 Å². The van der Waals surface area contributed by atoms with E-state index in [0.29, 0.717) is 12.5 Å². The number of likely N-dealkylation sites (tertiary alicyclic amines) is 1. The Morgan fingerprint density at radius 1 is 1.42 bits per heavy atom. The van der Waals surface area contributed by atoms with E-state index in [1.54, 1.807) is 7.11 Å². The number of hydrogen-bond acceptors (Lipinski definition) is 3. The molecule has 0 aliphatic carbocycles. The van der Waals surface area contributed by atoms with E-state index in [4.69, 9.17) is 4.74 Å². The van der Waals surface area contributed by atoms with E-state index in [2.05, 4.69) is 10.2 Å². The second-order valence-corrected chi connectivity index (χ2v) is 5.11. The van der Waals surface area contributed by atoms with E-state index < -0.39 is 0 Å². The molecular formula is C15H22N2O2. The summed E-state index contributed by atoms with van der Waals surface area (Å²) in [7, 11) is 1.74. The molecule has 0 unspecified atom stereocenters. The van der Waals surface area contributed by atoms with Gasteiger partial charge in [-0.25, -0.2) is 0 Å². The van der Waals surface area contributed by atoms with Crippen LogP contribution in [-0.4, -0.2) is 44.2 Å². The number of para-hydroxylation sites is 1. The Kier molecular flexibility index (Phi) is 5.36. The molecule has 1 saturated heterocycles. The zero-order chi connectivity index (χ0) is 13.5. The van der Waals surface area contributed by atoms with Crippen molar-refractivity contribution in [1.29, 1.82) is 0 Å². The van der Waals surface area contributed by atoms with Gasteiger partial charge >= 0.3 is 0 Å². The first-order chi connectivity index (χ1) is 9.28. The van der Waals surface area contributed by atoms with Crippen molar-refractivity contribution < 1.29 is 9.53 Å². The summed E-state index contributed by atoms with van der Waals surface area (Å²) < 4.78 is 5.20. The predicted molar refractivity (Wildman–Crippen MR) is 76.1 cm³/mol. The lowest BCUT2D eigenvalue weighted by Gasteiger charge is -2.31. The average Bonchev–Trinajstić information content (AvgIpc) is 2.40. The van der Waals surface area contributed by atoms with Crippen LogP contribution >= 0.6 is 0 Å². The van der Waals surface area contributed by atoms with Crippen LogP contribution in [0.25, 0.3) is 0 Å². The number of piperidine rings is 1. The third kappa shape index (κ3) is 4.65. The molecule has 4 heteroatoms. The van der Waals surface area contributed by atoms with Crippen molar-refractivity contribution in [3.05, 3.63) is 30.3 Å². The molecule has 0 saturated carbocycles. The molecule has 1 atom stereocenters. The Morgan fingerprint density at radius 2 is 2.21 bits per heavy atom. The zero-order valence-electron chi connectivity index (χ0n) is 11.5. The van der Waals surface area contributed by atoms with Crippen LogP contribution in [0.1, 0.15) is 12.8 Å². The van der Waals surface area contributed by atoms with Gasteiger partial charge < -0.3 is 10.1 Å². The highest BCUT2D eigenvalue weighted by molar-refractivity contribution is 5.92. The topological polar surface area (TPSA) is 41.6 Å². The van der Waals surface area contributed by atoms with Gasteiger partial charge in [0.15, 0.2) is 0 Å². The maximum Gasteiger partial charge on any atom is 0.238 e. The third-order valence-electron chi connectivity index (χ3n) is 3.43. The number of amides is 1. The summed E-state index contributed by atoms with van der Waals surface area (Å²) in [6.07, 6.45) is 2.34. The molecule has 1 N–H and O–H groups in total. The molecule has 1 amide bonds. The monoisotopic (exact) mass is 262 g/mol. The molecule has 0 aromatic heterocycles. The summed E-state index contributed by atoms with van der Waals surface area (Å²) in [5.41, 5.74) is 0.859. The lowest BCUT2D eigenvalue weighted by atomic mass is 9.99. The Morgan fingerprint density at radius 3 is 2.95 bits per heavy atom. The van der Waals surface area contributed by atoms with Crippen LogP contribution in [0.5, 0.6) is 0 Å². The van der Waals surface area contributed by atoms with Gasteiger partial charge in [0.1, 0.15) is 0 Å². The molecule has 1 aliphatic rings. The van der Waals surface area contributed by atoms with E-state index in [-0.39, 0.29) is 5.91 Å². The van der Waals surface area contributed by atoms with Crippen molar-refractivity contribution in [1.82, 2.24) is 4.90 Å². The molecular weight excluding hydrogens is 240 g/mol. The van der Waals surface area contributed by atoms with Gasteiger partial charge in [-0.1, -0.05) is 18.2 Å². The summed E-state index contributed by atoms with van der Waals surface area (Å²) in [5, 5.41) is 2.92. The number of carbonyl (C=O) groups excluding carboxylic acids is 1. The minimum absolute atomic E-state index is 0.0595. The van der Waals surface area contributed by atoms with Gasteiger partial charge in [-0.05, 0) is 37.4 Å². The van der Waals surface area contributed by atoms with Crippen LogP contribution in [0.15, 0.2) is 30.3 Å². The Hall–Kier alpha value is -1.39. The van der Waals surface area contributed by atoms with Gasteiger partial charge in [0.2, 0.25) is 5.91 Å². The highest BCUT2D eigenvalue weighted by Gasteiger charge is 2.21. The normalized spacial score (nSPS) is 20.2. The number of carbonyl (C=O) groups is 1. The van der Waals surface area contributed by atoms with Crippen LogP contribution in [-0.2, 0) is 9.53 Å². The molecule has 0 spiro atoms. The first-order valence-electron chi connectivity index (χ1n) is 6.84. The van der Waals surface area contributed by atoms with Crippen LogP contribution in [0.3, 0.4) is 0 Å². The van der Waals surface area contributed by atoms with Crippen molar-refractivity contribution in [3.8, 4) is 0 Å². The SMILES string of the molecule is COC[C@@H]1CCCN(CC(=O)Nc2ccccc2)C1. The number of anilines is 1. The van der Waals surface area contributed by atoms with E-state index in [1.807, 2.05) is 30.3 Å². The number of rotatable bonds is 5. The molecule has 19 heavy (non-hydrogen) atoms. The Labute approximate surface area is 114 Å². The molecule has 0 radical (unpaired) electrons. The molecule has 104 valence electrons. The van der Waals surface area contributed by atoms with Crippen LogP contribution in [0.2, 0.25) is 0 Å². The van der Waals surface area contributed by atoms with E-state index >= 15 is 0 Å². The number of hydrogen-bond donors (Lipinski definition) is 1. The summed E-state index contributed by atoms with van der Waals surface area (Å²) in [5.74, 6) is 0.618.